The molecule has 0 saturated carbocycles. The molecular weight excluding hydrogens is 412 g/mol. The molecule has 0 heterocycles. The molecule has 5 rings (SSSR count). The number of fused-ring (bicyclic) bond motifs is 4. The summed E-state index contributed by atoms with van der Waals surface area (Å²) in [4.78, 5) is 21.2. The first-order valence-corrected chi connectivity index (χ1v) is 11.4. The fourth-order valence-corrected chi connectivity index (χ4v) is 4.78. The molecule has 0 saturated heterocycles. The first-order valence-electron chi connectivity index (χ1n) is 11.4. The molecule has 3 aromatic rings. The SMILES string of the molecule is CCc1ccc2c(c1)=CCc1c3c(ccc1=2)=CCCC3.Cc1c(C(=O)O)cccc1C(=O)O. The summed E-state index contributed by atoms with van der Waals surface area (Å²) in [6.45, 7) is 3.71. The summed E-state index contributed by atoms with van der Waals surface area (Å²) in [5.74, 6) is -2.22. The Bertz CT molecular complexity index is 1430. The van der Waals surface area contributed by atoms with E-state index >= 15 is 0 Å². The molecule has 33 heavy (non-hydrogen) atoms. The minimum Gasteiger partial charge on any atom is -0.478 e. The second-order valence-electron chi connectivity index (χ2n) is 8.53. The highest BCUT2D eigenvalue weighted by atomic mass is 16.4. The molecule has 168 valence electrons. The molecule has 0 amide bonds. The van der Waals surface area contributed by atoms with Crippen molar-refractivity contribution in [1.29, 1.82) is 0 Å². The number of benzene rings is 3. The Balaban J connectivity index is 0.000000174. The van der Waals surface area contributed by atoms with Gasteiger partial charge in [0.25, 0.3) is 0 Å². The van der Waals surface area contributed by atoms with Crippen molar-refractivity contribution in [2.45, 2.75) is 46.0 Å². The standard InChI is InChI=1S/C20H20.C9H8O4/c1-2-14-7-10-18-16(13-14)9-12-19-17-6-4-3-5-15(17)8-11-20(18)19;1-5-6(8(10)11)3-2-4-7(5)9(12)13/h5,7-11,13H,2-4,6,12H2,1H3;2-4H,1H3,(H,10,11)(H,12,13). The van der Waals surface area contributed by atoms with E-state index in [2.05, 4.69) is 49.4 Å². The molecule has 0 fully saturated rings. The number of aromatic carboxylic acids is 2. The number of hydrogen-bond acceptors (Lipinski definition) is 2. The zero-order valence-corrected chi connectivity index (χ0v) is 19.0. The van der Waals surface area contributed by atoms with Crippen LogP contribution >= 0.6 is 0 Å². The monoisotopic (exact) mass is 440 g/mol. The van der Waals surface area contributed by atoms with Gasteiger partial charge in [-0.15, -0.1) is 0 Å². The van der Waals surface area contributed by atoms with Crippen LogP contribution in [0.15, 0.2) is 48.5 Å². The third kappa shape index (κ3) is 4.47. The predicted octanol–water partition coefficient (Wildman–Crippen LogP) is 4.38. The van der Waals surface area contributed by atoms with Crippen molar-refractivity contribution in [2.75, 3.05) is 0 Å². The fraction of sp³-hybridized carbons (Fsp3) is 0.241. The molecule has 0 radical (unpaired) electrons. The topological polar surface area (TPSA) is 74.6 Å². The van der Waals surface area contributed by atoms with Crippen LogP contribution in [0.25, 0.3) is 12.2 Å². The van der Waals surface area contributed by atoms with Crippen LogP contribution < -0.4 is 10.4 Å². The Morgan fingerprint density at radius 1 is 0.848 bits per heavy atom. The summed E-state index contributed by atoms with van der Waals surface area (Å²) in [6.07, 6.45) is 10.9. The van der Waals surface area contributed by atoms with Crippen LogP contribution in [-0.4, -0.2) is 22.2 Å². The van der Waals surface area contributed by atoms with Gasteiger partial charge < -0.3 is 10.2 Å². The van der Waals surface area contributed by atoms with Crippen LogP contribution in [0.2, 0.25) is 0 Å². The van der Waals surface area contributed by atoms with Crippen LogP contribution in [0.1, 0.15) is 62.7 Å². The van der Waals surface area contributed by atoms with Gasteiger partial charge in [0.1, 0.15) is 0 Å². The molecule has 2 aliphatic rings. The summed E-state index contributed by atoms with van der Waals surface area (Å²) in [6, 6.07) is 15.8. The van der Waals surface area contributed by atoms with Gasteiger partial charge in [0.15, 0.2) is 0 Å². The van der Waals surface area contributed by atoms with Crippen molar-refractivity contribution in [3.63, 3.8) is 0 Å². The van der Waals surface area contributed by atoms with Crippen LogP contribution in [0.3, 0.4) is 0 Å². The molecular formula is C29H28O4. The molecule has 4 nitrogen and oxygen atoms in total. The normalized spacial score (nSPS) is 13.2. The van der Waals surface area contributed by atoms with E-state index in [1.165, 1.54) is 70.8 Å². The lowest BCUT2D eigenvalue weighted by molar-refractivity contribution is 0.0696. The van der Waals surface area contributed by atoms with Gasteiger partial charge in [-0.1, -0.05) is 55.5 Å². The van der Waals surface area contributed by atoms with Gasteiger partial charge in [-0.25, -0.2) is 9.59 Å². The average Bonchev–Trinajstić information content (AvgIpc) is 2.83. The maximum absolute atomic E-state index is 10.6. The zero-order chi connectivity index (χ0) is 23.5. The van der Waals surface area contributed by atoms with Gasteiger partial charge in [-0.05, 0) is 94.3 Å². The van der Waals surface area contributed by atoms with E-state index < -0.39 is 11.9 Å². The first kappa shape index (κ1) is 22.5. The maximum atomic E-state index is 10.6. The molecule has 0 bridgehead atoms. The number of carboxylic acid groups (broad SMARTS) is 2. The van der Waals surface area contributed by atoms with Crippen LogP contribution in [-0.2, 0) is 19.3 Å². The van der Waals surface area contributed by atoms with Crippen molar-refractivity contribution >= 4 is 24.1 Å². The van der Waals surface area contributed by atoms with E-state index in [1.807, 2.05) is 0 Å². The van der Waals surface area contributed by atoms with E-state index in [0.29, 0.717) is 0 Å². The van der Waals surface area contributed by atoms with Crippen molar-refractivity contribution in [2.24, 2.45) is 0 Å². The molecule has 2 aliphatic carbocycles. The summed E-state index contributed by atoms with van der Waals surface area (Å²) in [5, 5.41) is 23.2. The predicted molar refractivity (Wildman–Crippen MR) is 130 cm³/mol. The van der Waals surface area contributed by atoms with E-state index in [4.69, 9.17) is 10.2 Å². The Kier molecular flexibility index (Phi) is 6.45. The van der Waals surface area contributed by atoms with Crippen molar-refractivity contribution < 1.29 is 19.8 Å². The van der Waals surface area contributed by atoms with E-state index in [1.54, 1.807) is 11.1 Å². The molecule has 0 unspecified atom stereocenters. The van der Waals surface area contributed by atoms with Crippen LogP contribution in [0, 0.1) is 17.4 Å². The molecule has 0 aliphatic heterocycles. The Morgan fingerprint density at radius 3 is 2.21 bits per heavy atom. The summed E-state index contributed by atoms with van der Waals surface area (Å²) < 4.78 is 0. The van der Waals surface area contributed by atoms with Gasteiger partial charge in [-0.3, -0.25) is 0 Å². The minimum atomic E-state index is -1.11. The second kappa shape index (κ2) is 9.45. The number of aryl methyl sites for hydroxylation is 1. The average molecular weight is 441 g/mol. The lowest BCUT2D eigenvalue weighted by Crippen LogP contribution is -2.19. The first-order chi connectivity index (χ1) is 15.9. The number of carboxylic acids is 2. The molecule has 0 atom stereocenters. The van der Waals surface area contributed by atoms with Crippen molar-refractivity contribution in [3.8, 4) is 0 Å². The van der Waals surface area contributed by atoms with Gasteiger partial charge in [0.2, 0.25) is 0 Å². The van der Waals surface area contributed by atoms with Gasteiger partial charge in [0.05, 0.1) is 11.1 Å². The zero-order valence-electron chi connectivity index (χ0n) is 19.0. The van der Waals surface area contributed by atoms with Crippen molar-refractivity contribution in [1.82, 2.24) is 0 Å². The minimum absolute atomic E-state index is 0.0277. The summed E-state index contributed by atoms with van der Waals surface area (Å²) in [5.41, 5.74) is 4.96. The quantitative estimate of drug-likeness (QED) is 0.634. The van der Waals surface area contributed by atoms with Crippen molar-refractivity contribution in [3.05, 3.63) is 103 Å². The highest BCUT2D eigenvalue weighted by molar-refractivity contribution is 5.96. The highest BCUT2D eigenvalue weighted by Gasteiger charge is 2.14. The highest BCUT2D eigenvalue weighted by Crippen LogP contribution is 2.18. The molecule has 2 N–H and O–H groups in total. The molecule has 0 spiro atoms. The summed E-state index contributed by atoms with van der Waals surface area (Å²) >= 11 is 0. The fourth-order valence-electron chi connectivity index (χ4n) is 4.78. The maximum Gasteiger partial charge on any atom is 0.335 e. The van der Waals surface area contributed by atoms with E-state index in [-0.39, 0.29) is 16.7 Å². The Morgan fingerprint density at radius 2 is 1.55 bits per heavy atom. The lowest BCUT2D eigenvalue weighted by atomic mass is 9.88. The van der Waals surface area contributed by atoms with Crippen LogP contribution in [0.5, 0.6) is 0 Å². The lowest BCUT2D eigenvalue weighted by Gasteiger charge is -2.16. The Hall–Kier alpha value is -3.66. The number of carbonyl (C=O) groups is 2. The third-order valence-electron chi connectivity index (χ3n) is 6.60. The summed E-state index contributed by atoms with van der Waals surface area (Å²) in [7, 11) is 0. The second-order valence-corrected chi connectivity index (χ2v) is 8.53. The number of rotatable bonds is 3. The molecule has 0 aromatic heterocycles. The third-order valence-corrected chi connectivity index (χ3v) is 6.60. The van der Waals surface area contributed by atoms with E-state index in [9.17, 15) is 9.59 Å². The molecule has 4 heteroatoms. The molecule has 3 aromatic carbocycles. The Labute approximate surface area is 192 Å². The largest absolute Gasteiger partial charge is 0.478 e. The van der Waals surface area contributed by atoms with E-state index in [0.717, 1.165) is 12.8 Å². The van der Waals surface area contributed by atoms with Crippen LogP contribution in [0.4, 0.5) is 0 Å². The smallest absolute Gasteiger partial charge is 0.335 e. The number of hydrogen-bond donors (Lipinski definition) is 2. The van der Waals surface area contributed by atoms with Gasteiger partial charge in [0, 0.05) is 0 Å². The van der Waals surface area contributed by atoms with Gasteiger partial charge in [-0.2, -0.15) is 0 Å². The van der Waals surface area contributed by atoms with Gasteiger partial charge >= 0.3 is 11.9 Å².